The van der Waals surface area contributed by atoms with Gasteiger partial charge in [-0.05, 0) is 13.0 Å². The number of para-hydroxylation sites is 1. The number of furan rings is 1. The highest BCUT2D eigenvalue weighted by Gasteiger charge is 2.20. The zero-order valence-electron chi connectivity index (χ0n) is 12.2. The summed E-state index contributed by atoms with van der Waals surface area (Å²) in [5, 5.41) is 10.0. The number of hydrogen-bond acceptors (Lipinski definition) is 4. The molecule has 1 fully saturated rings. The highest BCUT2D eigenvalue weighted by atomic mass is 16.4. The summed E-state index contributed by atoms with van der Waals surface area (Å²) in [6.45, 7) is 6.42. The maximum atomic E-state index is 10.7. The highest BCUT2D eigenvalue weighted by molar-refractivity contribution is 5.82. The van der Waals surface area contributed by atoms with Gasteiger partial charge >= 0.3 is 5.97 Å². The summed E-state index contributed by atoms with van der Waals surface area (Å²) >= 11 is 0. The van der Waals surface area contributed by atoms with E-state index in [-0.39, 0.29) is 6.54 Å². The van der Waals surface area contributed by atoms with Gasteiger partial charge in [-0.1, -0.05) is 18.2 Å². The molecule has 1 aromatic heterocycles. The van der Waals surface area contributed by atoms with Crippen LogP contribution in [-0.4, -0.2) is 53.6 Å². The Morgan fingerprint density at radius 3 is 2.57 bits per heavy atom. The SMILES string of the molecule is Cc1oc2ccccc2c1CN1CCN(CC(=O)O)CC1. The zero-order valence-corrected chi connectivity index (χ0v) is 12.2. The molecular formula is C16H20N2O3. The van der Waals surface area contributed by atoms with Crippen LogP contribution in [0.2, 0.25) is 0 Å². The lowest BCUT2D eigenvalue weighted by molar-refractivity contribution is -0.138. The number of aliphatic carboxylic acids is 1. The molecule has 1 aliphatic rings. The lowest BCUT2D eigenvalue weighted by atomic mass is 10.1. The minimum Gasteiger partial charge on any atom is -0.480 e. The molecule has 1 aliphatic heterocycles. The van der Waals surface area contributed by atoms with Gasteiger partial charge in [-0.25, -0.2) is 0 Å². The van der Waals surface area contributed by atoms with Gasteiger partial charge in [0, 0.05) is 43.7 Å². The van der Waals surface area contributed by atoms with Crippen LogP contribution in [0.5, 0.6) is 0 Å². The summed E-state index contributed by atoms with van der Waals surface area (Å²) in [4.78, 5) is 15.1. The molecule has 0 spiro atoms. The minimum absolute atomic E-state index is 0.140. The Morgan fingerprint density at radius 2 is 1.86 bits per heavy atom. The topological polar surface area (TPSA) is 56.9 Å². The van der Waals surface area contributed by atoms with Gasteiger partial charge in [0.25, 0.3) is 0 Å². The average Bonchev–Trinajstić information content (AvgIpc) is 2.77. The minimum atomic E-state index is -0.750. The molecule has 2 aromatic rings. The van der Waals surface area contributed by atoms with Crippen LogP contribution in [0.25, 0.3) is 11.0 Å². The van der Waals surface area contributed by atoms with Crippen LogP contribution >= 0.6 is 0 Å². The van der Waals surface area contributed by atoms with Crippen LogP contribution in [0.15, 0.2) is 28.7 Å². The molecule has 3 rings (SSSR count). The van der Waals surface area contributed by atoms with Gasteiger partial charge < -0.3 is 9.52 Å². The van der Waals surface area contributed by atoms with Crippen molar-refractivity contribution in [2.75, 3.05) is 32.7 Å². The second kappa shape index (κ2) is 5.87. The summed E-state index contributed by atoms with van der Waals surface area (Å²) in [7, 11) is 0. The van der Waals surface area contributed by atoms with Gasteiger partial charge in [0.2, 0.25) is 0 Å². The van der Waals surface area contributed by atoms with E-state index in [9.17, 15) is 4.79 Å². The van der Waals surface area contributed by atoms with Crippen molar-refractivity contribution in [3.63, 3.8) is 0 Å². The van der Waals surface area contributed by atoms with Crippen LogP contribution < -0.4 is 0 Å². The molecule has 0 amide bonds. The van der Waals surface area contributed by atoms with E-state index in [2.05, 4.69) is 11.0 Å². The summed E-state index contributed by atoms with van der Waals surface area (Å²) in [6.07, 6.45) is 0. The maximum absolute atomic E-state index is 10.7. The van der Waals surface area contributed by atoms with E-state index in [0.29, 0.717) is 0 Å². The number of aryl methyl sites for hydroxylation is 1. The molecule has 0 unspecified atom stereocenters. The fourth-order valence-corrected chi connectivity index (χ4v) is 2.94. The van der Waals surface area contributed by atoms with Gasteiger partial charge in [-0.2, -0.15) is 0 Å². The van der Waals surface area contributed by atoms with Crippen LogP contribution in [0, 0.1) is 6.92 Å². The zero-order chi connectivity index (χ0) is 14.8. The van der Waals surface area contributed by atoms with Crippen LogP contribution in [0.1, 0.15) is 11.3 Å². The lowest BCUT2D eigenvalue weighted by Gasteiger charge is -2.33. The fourth-order valence-electron chi connectivity index (χ4n) is 2.94. The van der Waals surface area contributed by atoms with Gasteiger partial charge in [0.15, 0.2) is 0 Å². The van der Waals surface area contributed by atoms with Crippen molar-refractivity contribution >= 4 is 16.9 Å². The molecule has 5 heteroatoms. The number of carbonyl (C=O) groups is 1. The second-order valence-electron chi connectivity index (χ2n) is 5.58. The van der Waals surface area contributed by atoms with Crippen LogP contribution in [-0.2, 0) is 11.3 Å². The Hall–Kier alpha value is -1.85. The molecule has 0 aliphatic carbocycles. The first-order chi connectivity index (χ1) is 10.1. The Bertz CT molecular complexity index is 642. The Balaban J connectivity index is 1.67. The van der Waals surface area contributed by atoms with Crippen molar-refractivity contribution < 1.29 is 14.3 Å². The summed E-state index contributed by atoms with van der Waals surface area (Å²) in [5.41, 5.74) is 2.19. The third-order valence-corrected chi connectivity index (χ3v) is 4.11. The van der Waals surface area contributed by atoms with E-state index in [1.807, 2.05) is 30.0 Å². The van der Waals surface area contributed by atoms with Crippen LogP contribution in [0.4, 0.5) is 0 Å². The second-order valence-corrected chi connectivity index (χ2v) is 5.58. The van der Waals surface area contributed by atoms with Crippen LogP contribution in [0.3, 0.4) is 0 Å². The number of nitrogens with zero attached hydrogens (tertiary/aromatic N) is 2. The molecule has 0 saturated carbocycles. The van der Waals surface area contributed by atoms with E-state index in [1.165, 1.54) is 10.9 Å². The van der Waals surface area contributed by atoms with Crippen molar-refractivity contribution in [3.05, 3.63) is 35.6 Å². The first-order valence-electron chi connectivity index (χ1n) is 7.27. The Morgan fingerprint density at radius 1 is 1.19 bits per heavy atom. The van der Waals surface area contributed by atoms with E-state index in [0.717, 1.165) is 44.1 Å². The predicted molar refractivity (Wildman–Crippen MR) is 80.3 cm³/mol. The first-order valence-corrected chi connectivity index (χ1v) is 7.27. The number of carboxylic acids is 1. The van der Waals surface area contributed by atoms with Gasteiger partial charge in [-0.3, -0.25) is 14.6 Å². The molecule has 1 aromatic carbocycles. The molecule has 21 heavy (non-hydrogen) atoms. The predicted octanol–water partition coefficient (Wildman–Crippen LogP) is 1.94. The number of carboxylic acid groups (broad SMARTS) is 1. The fraction of sp³-hybridized carbons (Fsp3) is 0.438. The molecular weight excluding hydrogens is 268 g/mol. The molecule has 1 N–H and O–H groups in total. The molecule has 0 radical (unpaired) electrons. The van der Waals surface area contributed by atoms with Gasteiger partial charge in [-0.15, -0.1) is 0 Å². The van der Waals surface area contributed by atoms with Crippen molar-refractivity contribution in [1.29, 1.82) is 0 Å². The summed E-state index contributed by atoms with van der Waals surface area (Å²) in [6, 6.07) is 8.11. The van der Waals surface area contributed by atoms with E-state index < -0.39 is 5.97 Å². The van der Waals surface area contributed by atoms with Crippen molar-refractivity contribution in [2.24, 2.45) is 0 Å². The van der Waals surface area contributed by atoms with E-state index in [4.69, 9.17) is 9.52 Å². The Kier molecular flexibility index (Phi) is 3.94. The third kappa shape index (κ3) is 3.09. The van der Waals surface area contributed by atoms with E-state index in [1.54, 1.807) is 0 Å². The van der Waals surface area contributed by atoms with E-state index >= 15 is 0 Å². The summed E-state index contributed by atoms with van der Waals surface area (Å²) in [5.74, 6) is 0.226. The maximum Gasteiger partial charge on any atom is 0.317 e. The normalized spacial score (nSPS) is 17.4. The van der Waals surface area contributed by atoms with Crippen molar-refractivity contribution in [1.82, 2.24) is 9.80 Å². The molecule has 0 bridgehead atoms. The number of piperazine rings is 1. The quantitative estimate of drug-likeness (QED) is 0.932. The summed E-state index contributed by atoms with van der Waals surface area (Å²) < 4.78 is 5.80. The Labute approximate surface area is 123 Å². The monoisotopic (exact) mass is 288 g/mol. The number of benzene rings is 1. The van der Waals surface area contributed by atoms with Crippen molar-refractivity contribution in [3.8, 4) is 0 Å². The molecule has 0 atom stereocenters. The molecule has 2 heterocycles. The largest absolute Gasteiger partial charge is 0.480 e. The van der Waals surface area contributed by atoms with Gasteiger partial charge in [0.1, 0.15) is 11.3 Å². The van der Waals surface area contributed by atoms with Gasteiger partial charge in [0.05, 0.1) is 6.54 Å². The number of fused-ring (bicyclic) bond motifs is 1. The molecule has 5 nitrogen and oxygen atoms in total. The highest BCUT2D eigenvalue weighted by Crippen LogP contribution is 2.26. The number of rotatable bonds is 4. The molecule has 112 valence electrons. The smallest absolute Gasteiger partial charge is 0.317 e. The standard InChI is InChI=1S/C16H20N2O3/c1-12-14(13-4-2-3-5-15(13)21-12)10-17-6-8-18(9-7-17)11-16(19)20/h2-5H,6-11H2,1H3,(H,19,20). The molecule has 1 saturated heterocycles. The van der Waals surface area contributed by atoms with Crippen molar-refractivity contribution in [2.45, 2.75) is 13.5 Å². The first kappa shape index (κ1) is 14.1. The average molecular weight is 288 g/mol. The number of hydrogen-bond donors (Lipinski definition) is 1. The lowest BCUT2D eigenvalue weighted by Crippen LogP contribution is -2.47. The third-order valence-electron chi connectivity index (χ3n) is 4.11.